The van der Waals surface area contributed by atoms with Gasteiger partial charge in [-0.05, 0) is 56.9 Å². The van der Waals surface area contributed by atoms with E-state index in [0.29, 0.717) is 11.4 Å². The summed E-state index contributed by atoms with van der Waals surface area (Å²) >= 11 is 0. The van der Waals surface area contributed by atoms with Gasteiger partial charge in [0.15, 0.2) is 0 Å². The maximum Gasteiger partial charge on any atom is 0.243 e. The number of rotatable bonds is 7. The predicted octanol–water partition coefficient (Wildman–Crippen LogP) is 3.58. The zero-order valence-corrected chi connectivity index (χ0v) is 17.0. The van der Waals surface area contributed by atoms with E-state index in [2.05, 4.69) is 5.32 Å². The first-order valence-electron chi connectivity index (χ1n) is 9.44. The highest BCUT2D eigenvalue weighted by molar-refractivity contribution is 7.89. The summed E-state index contributed by atoms with van der Waals surface area (Å²) in [5.41, 5.74) is 1.56. The predicted molar refractivity (Wildman–Crippen MR) is 109 cm³/mol. The molecule has 1 aliphatic carbocycles. The molecule has 28 heavy (non-hydrogen) atoms. The number of anilines is 1. The molecule has 0 radical (unpaired) electrons. The second-order valence-corrected chi connectivity index (χ2v) is 9.22. The average Bonchev–Trinajstić information content (AvgIpc) is 3.15. The smallest absolute Gasteiger partial charge is 0.243 e. The van der Waals surface area contributed by atoms with Crippen LogP contribution in [0.4, 0.5) is 5.69 Å². The minimum Gasteiger partial charge on any atom is -0.490 e. The molecule has 0 bridgehead atoms. The van der Waals surface area contributed by atoms with Crippen molar-refractivity contribution in [3.63, 3.8) is 0 Å². The van der Waals surface area contributed by atoms with Crippen molar-refractivity contribution in [1.82, 2.24) is 4.31 Å². The SMILES string of the molecule is Cc1ccc(S(=O)(=O)N(C)CC(=O)Nc2cccc(OC3CCCC3)c2)cc1. The molecule has 1 amide bonds. The summed E-state index contributed by atoms with van der Waals surface area (Å²) in [5.74, 6) is 0.307. The molecule has 150 valence electrons. The Balaban J connectivity index is 1.61. The molecule has 0 atom stereocenters. The third kappa shape index (κ3) is 5.11. The van der Waals surface area contributed by atoms with Crippen molar-refractivity contribution in [2.45, 2.75) is 43.6 Å². The lowest BCUT2D eigenvalue weighted by Gasteiger charge is -2.17. The summed E-state index contributed by atoms with van der Waals surface area (Å²) in [6.45, 7) is 1.61. The fourth-order valence-corrected chi connectivity index (χ4v) is 4.35. The topological polar surface area (TPSA) is 75.7 Å². The lowest BCUT2D eigenvalue weighted by Crippen LogP contribution is -2.34. The maximum absolute atomic E-state index is 12.6. The Labute approximate surface area is 166 Å². The molecule has 1 fully saturated rings. The largest absolute Gasteiger partial charge is 0.490 e. The van der Waals surface area contributed by atoms with Crippen LogP contribution in [0.15, 0.2) is 53.4 Å². The number of hydrogen-bond acceptors (Lipinski definition) is 4. The first-order valence-corrected chi connectivity index (χ1v) is 10.9. The number of carbonyl (C=O) groups is 1. The van der Waals surface area contributed by atoms with Crippen LogP contribution in [0.1, 0.15) is 31.2 Å². The van der Waals surface area contributed by atoms with E-state index < -0.39 is 15.9 Å². The summed E-state index contributed by atoms with van der Waals surface area (Å²) in [4.78, 5) is 12.5. The second kappa shape index (κ2) is 8.75. The van der Waals surface area contributed by atoms with Crippen molar-refractivity contribution in [2.24, 2.45) is 0 Å². The van der Waals surface area contributed by atoms with Crippen LogP contribution in [0.2, 0.25) is 0 Å². The number of nitrogens with one attached hydrogen (secondary N) is 1. The first-order chi connectivity index (χ1) is 13.3. The summed E-state index contributed by atoms with van der Waals surface area (Å²) in [7, 11) is -2.32. The quantitative estimate of drug-likeness (QED) is 0.768. The van der Waals surface area contributed by atoms with Crippen molar-refractivity contribution in [2.75, 3.05) is 18.9 Å². The second-order valence-electron chi connectivity index (χ2n) is 7.17. The van der Waals surface area contributed by atoms with Crippen LogP contribution in [0.3, 0.4) is 0 Å². The van der Waals surface area contributed by atoms with Crippen molar-refractivity contribution in [3.05, 3.63) is 54.1 Å². The Morgan fingerprint density at radius 2 is 1.82 bits per heavy atom. The lowest BCUT2D eigenvalue weighted by molar-refractivity contribution is -0.116. The summed E-state index contributed by atoms with van der Waals surface area (Å²) in [5, 5.41) is 2.75. The van der Waals surface area contributed by atoms with Crippen LogP contribution in [0.25, 0.3) is 0 Å². The Morgan fingerprint density at radius 3 is 2.50 bits per heavy atom. The zero-order valence-electron chi connectivity index (χ0n) is 16.2. The number of amides is 1. The average molecular weight is 403 g/mol. The minimum atomic E-state index is -3.72. The van der Waals surface area contributed by atoms with Gasteiger partial charge in [-0.1, -0.05) is 23.8 Å². The van der Waals surface area contributed by atoms with Crippen LogP contribution in [-0.4, -0.2) is 38.3 Å². The molecule has 1 N–H and O–H groups in total. The van der Waals surface area contributed by atoms with Gasteiger partial charge in [0.05, 0.1) is 17.5 Å². The van der Waals surface area contributed by atoms with Crippen molar-refractivity contribution < 1.29 is 17.9 Å². The summed E-state index contributed by atoms with van der Waals surface area (Å²) < 4.78 is 32.2. The highest BCUT2D eigenvalue weighted by atomic mass is 32.2. The van der Waals surface area contributed by atoms with Gasteiger partial charge in [0.2, 0.25) is 15.9 Å². The molecule has 0 heterocycles. The Kier molecular flexibility index (Phi) is 6.36. The third-order valence-electron chi connectivity index (χ3n) is 4.82. The molecular weight excluding hydrogens is 376 g/mol. The van der Waals surface area contributed by atoms with E-state index in [1.807, 2.05) is 19.1 Å². The van der Waals surface area contributed by atoms with Crippen LogP contribution in [0, 0.1) is 6.92 Å². The van der Waals surface area contributed by atoms with Gasteiger partial charge >= 0.3 is 0 Å². The lowest BCUT2D eigenvalue weighted by atomic mass is 10.2. The first kappa shape index (κ1) is 20.4. The molecule has 7 heteroatoms. The van der Waals surface area contributed by atoms with Gasteiger partial charge in [0.1, 0.15) is 5.75 Å². The summed E-state index contributed by atoms with van der Waals surface area (Å²) in [6, 6.07) is 13.8. The molecule has 6 nitrogen and oxygen atoms in total. The number of likely N-dealkylation sites (N-methyl/N-ethyl adjacent to an activating group) is 1. The highest BCUT2D eigenvalue weighted by Crippen LogP contribution is 2.25. The molecule has 0 spiro atoms. The molecule has 1 aliphatic rings. The number of ether oxygens (including phenoxy) is 1. The fraction of sp³-hybridized carbons (Fsp3) is 0.381. The van der Waals surface area contributed by atoms with Crippen LogP contribution in [0.5, 0.6) is 5.75 Å². The Bertz CT molecular complexity index is 920. The maximum atomic E-state index is 12.6. The molecule has 3 rings (SSSR count). The van der Waals surface area contributed by atoms with Gasteiger partial charge in [-0.2, -0.15) is 4.31 Å². The number of benzene rings is 2. The third-order valence-corrected chi connectivity index (χ3v) is 6.64. The van der Waals surface area contributed by atoms with Crippen molar-refractivity contribution in [1.29, 1.82) is 0 Å². The van der Waals surface area contributed by atoms with E-state index >= 15 is 0 Å². The highest BCUT2D eigenvalue weighted by Gasteiger charge is 2.23. The van der Waals surface area contributed by atoms with E-state index in [1.165, 1.54) is 19.9 Å². The van der Waals surface area contributed by atoms with Gasteiger partial charge in [-0.15, -0.1) is 0 Å². The zero-order chi connectivity index (χ0) is 20.1. The number of sulfonamides is 1. The number of nitrogens with zero attached hydrogens (tertiary/aromatic N) is 1. The molecule has 0 saturated heterocycles. The number of aryl methyl sites for hydroxylation is 1. The van der Waals surface area contributed by atoms with E-state index in [-0.39, 0.29) is 17.5 Å². The van der Waals surface area contributed by atoms with E-state index in [4.69, 9.17) is 4.74 Å². The van der Waals surface area contributed by atoms with Gasteiger partial charge in [0, 0.05) is 18.8 Å². The monoisotopic (exact) mass is 402 g/mol. The van der Waals surface area contributed by atoms with Crippen molar-refractivity contribution in [3.8, 4) is 5.75 Å². The van der Waals surface area contributed by atoms with Crippen LogP contribution in [-0.2, 0) is 14.8 Å². The van der Waals surface area contributed by atoms with Gasteiger partial charge in [-0.3, -0.25) is 4.79 Å². The molecule has 2 aromatic rings. The molecular formula is C21H26N2O4S. The molecule has 0 aliphatic heterocycles. The molecule has 0 unspecified atom stereocenters. The van der Waals surface area contributed by atoms with Gasteiger partial charge in [0.25, 0.3) is 0 Å². The van der Waals surface area contributed by atoms with E-state index in [0.717, 1.165) is 22.7 Å². The molecule has 2 aromatic carbocycles. The van der Waals surface area contributed by atoms with Crippen molar-refractivity contribution >= 4 is 21.6 Å². The standard InChI is InChI=1S/C21H26N2O4S/c1-16-10-12-20(13-11-16)28(25,26)23(2)15-21(24)22-17-6-5-9-19(14-17)27-18-7-3-4-8-18/h5-6,9-14,18H,3-4,7-8,15H2,1-2H3,(H,22,24). The number of hydrogen-bond donors (Lipinski definition) is 1. The molecule has 1 saturated carbocycles. The Morgan fingerprint density at radius 1 is 1.14 bits per heavy atom. The van der Waals surface area contributed by atoms with E-state index in [1.54, 1.807) is 36.4 Å². The van der Waals surface area contributed by atoms with Gasteiger partial charge in [-0.25, -0.2) is 8.42 Å². The van der Waals surface area contributed by atoms with Crippen LogP contribution >= 0.6 is 0 Å². The minimum absolute atomic E-state index is 0.167. The van der Waals surface area contributed by atoms with Gasteiger partial charge < -0.3 is 10.1 Å². The van der Waals surface area contributed by atoms with Crippen LogP contribution < -0.4 is 10.1 Å². The summed E-state index contributed by atoms with van der Waals surface area (Å²) in [6.07, 6.45) is 4.71. The Hall–Kier alpha value is -2.38. The number of carbonyl (C=O) groups excluding carboxylic acids is 1. The van der Waals surface area contributed by atoms with E-state index in [9.17, 15) is 13.2 Å². The fourth-order valence-electron chi connectivity index (χ4n) is 3.22. The normalized spacial score (nSPS) is 15.0. The molecule has 0 aromatic heterocycles.